The number of benzene rings is 3. The molecule has 0 amide bonds. The maximum atomic E-state index is 13.3. The highest BCUT2D eigenvalue weighted by atomic mass is 35.5. The Morgan fingerprint density at radius 3 is 2.24 bits per heavy atom. The van der Waals surface area contributed by atoms with Crippen LogP contribution in [-0.4, -0.2) is 13.4 Å². The fourth-order valence-electron chi connectivity index (χ4n) is 2.87. The summed E-state index contributed by atoms with van der Waals surface area (Å²) in [6, 6.07) is 22.6. The smallest absolute Gasteiger partial charge is 0.238 e. The van der Waals surface area contributed by atoms with Gasteiger partial charge < -0.3 is 9.73 Å². The van der Waals surface area contributed by atoms with Crippen molar-refractivity contribution < 1.29 is 12.8 Å². The van der Waals surface area contributed by atoms with Crippen LogP contribution in [0.4, 0.5) is 11.6 Å². The summed E-state index contributed by atoms with van der Waals surface area (Å²) < 4.78 is 32.4. The molecule has 0 atom stereocenters. The maximum Gasteiger partial charge on any atom is 0.238 e. The van der Waals surface area contributed by atoms with Gasteiger partial charge in [0.25, 0.3) is 0 Å². The number of halogens is 1. The lowest BCUT2D eigenvalue weighted by molar-refractivity contribution is 0.581. The van der Waals surface area contributed by atoms with Crippen LogP contribution in [0.15, 0.2) is 93.2 Å². The normalized spacial score (nSPS) is 11.4. The lowest BCUT2D eigenvalue weighted by Crippen LogP contribution is -2.05. The van der Waals surface area contributed by atoms with Crippen molar-refractivity contribution in [3.05, 3.63) is 89.4 Å². The van der Waals surface area contributed by atoms with Gasteiger partial charge in [-0.25, -0.2) is 8.42 Å². The number of oxazole rings is 1. The molecule has 0 aliphatic rings. The van der Waals surface area contributed by atoms with Crippen molar-refractivity contribution >= 4 is 33.0 Å². The molecule has 4 aromatic rings. The first-order valence-corrected chi connectivity index (χ1v) is 10.7. The summed E-state index contributed by atoms with van der Waals surface area (Å²) in [5.74, 6) is 0.290. The Morgan fingerprint density at radius 1 is 0.897 bits per heavy atom. The quantitative estimate of drug-likeness (QED) is 0.433. The van der Waals surface area contributed by atoms with Crippen LogP contribution in [-0.2, 0) is 9.84 Å². The number of hydrogen-bond donors (Lipinski definition) is 1. The number of anilines is 2. The molecule has 0 spiro atoms. The molecule has 1 heterocycles. The Kier molecular flexibility index (Phi) is 5.13. The van der Waals surface area contributed by atoms with Crippen molar-refractivity contribution in [2.24, 2.45) is 0 Å². The van der Waals surface area contributed by atoms with E-state index in [9.17, 15) is 8.42 Å². The van der Waals surface area contributed by atoms with Crippen LogP contribution < -0.4 is 5.32 Å². The fraction of sp³-hybridized carbons (Fsp3) is 0.0455. The number of aromatic nitrogens is 1. The summed E-state index contributed by atoms with van der Waals surface area (Å²) in [6.45, 7) is 1.91. The standard InChI is InChI=1S/C22H17ClN2O3S/c1-15-7-5-6-10-19(15)20-25-22(21(28-20)24-17-8-3-2-4-9-17)29(26,27)18-13-11-16(23)12-14-18/h2-14,24H,1H3. The summed E-state index contributed by atoms with van der Waals surface area (Å²) in [7, 11) is -3.93. The number of nitrogens with zero attached hydrogens (tertiary/aromatic N) is 1. The van der Waals surface area contributed by atoms with Gasteiger partial charge in [0.15, 0.2) is 0 Å². The minimum atomic E-state index is -3.93. The molecule has 0 saturated carbocycles. The zero-order valence-electron chi connectivity index (χ0n) is 15.5. The molecular formula is C22H17ClN2O3S. The minimum absolute atomic E-state index is 0.0596. The summed E-state index contributed by atoms with van der Waals surface area (Å²) in [5.41, 5.74) is 2.34. The highest BCUT2D eigenvalue weighted by Crippen LogP contribution is 2.35. The summed E-state index contributed by atoms with van der Waals surface area (Å²) in [6.07, 6.45) is 0. The van der Waals surface area contributed by atoms with Crippen molar-refractivity contribution in [3.63, 3.8) is 0 Å². The SMILES string of the molecule is Cc1ccccc1-c1nc(S(=O)(=O)c2ccc(Cl)cc2)c(Nc2ccccc2)o1. The van der Waals surface area contributed by atoms with Crippen molar-refractivity contribution in [2.45, 2.75) is 16.8 Å². The van der Waals surface area contributed by atoms with E-state index < -0.39 is 9.84 Å². The third-order valence-electron chi connectivity index (χ3n) is 4.38. The molecule has 7 heteroatoms. The molecule has 0 saturated heterocycles. The van der Waals surface area contributed by atoms with E-state index in [1.165, 1.54) is 24.3 Å². The zero-order chi connectivity index (χ0) is 20.4. The van der Waals surface area contributed by atoms with E-state index in [-0.39, 0.29) is 21.7 Å². The molecule has 3 aromatic carbocycles. The number of rotatable bonds is 5. The average molecular weight is 425 g/mol. The second-order valence-electron chi connectivity index (χ2n) is 6.42. The summed E-state index contributed by atoms with van der Waals surface area (Å²) in [4.78, 5) is 4.44. The van der Waals surface area contributed by atoms with E-state index >= 15 is 0 Å². The topological polar surface area (TPSA) is 72.2 Å². The van der Waals surface area contributed by atoms with Crippen molar-refractivity contribution in [3.8, 4) is 11.5 Å². The third-order valence-corrected chi connectivity index (χ3v) is 6.31. The lowest BCUT2D eigenvalue weighted by Gasteiger charge is -2.06. The molecule has 29 heavy (non-hydrogen) atoms. The summed E-state index contributed by atoms with van der Waals surface area (Å²) in [5, 5.41) is 3.31. The Bertz CT molecular complexity index is 1250. The molecule has 146 valence electrons. The monoisotopic (exact) mass is 424 g/mol. The molecule has 0 bridgehead atoms. The van der Waals surface area contributed by atoms with Gasteiger partial charge in [-0.1, -0.05) is 48.0 Å². The zero-order valence-corrected chi connectivity index (χ0v) is 17.0. The van der Waals surface area contributed by atoms with Crippen molar-refractivity contribution in [1.29, 1.82) is 0 Å². The number of sulfone groups is 1. The van der Waals surface area contributed by atoms with Crippen LogP contribution in [0.5, 0.6) is 0 Å². The molecule has 1 N–H and O–H groups in total. The van der Waals surface area contributed by atoms with E-state index in [1.54, 1.807) is 0 Å². The second kappa shape index (κ2) is 7.73. The number of aryl methyl sites for hydroxylation is 1. The Labute approximate surface area is 173 Å². The van der Waals surface area contributed by atoms with Gasteiger partial charge in [-0.15, -0.1) is 0 Å². The van der Waals surface area contributed by atoms with Crippen molar-refractivity contribution in [1.82, 2.24) is 4.98 Å². The molecule has 0 aliphatic heterocycles. The Morgan fingerprint density at radius 2 is 1.55 bits per heavy atom. The van der Waals surface area contributed by atoms with Gasteiger partial charge in [0.2, 0.25) is 26.6 Å². The highest BCUT2D eigenvalue weighted by Gasteiger charge is 2.29. The van der Waals surface area contributed by atoms with E-state index in [2.05, 4.69) is 10.3 Å². The lowest BCUT2D eigenvalue weighted by atomic mass is 10.1. The predicted octanol–water partition coefficient (Wildman–Crippen LogP) is 5.88. The number of nitrogens with one attached hydrogen (secondary N) is 1. The third kappa shape index (κ3) is 3.90. The molecular weight excluding hydrogens is 408 g/mol. The predicted molar refractivity (Wildman–Crippen MR) is 113 cm³/mol. The van der Waals surface area contributed by atoms with Crippen LogP contribution in [0.25, 0.3) is 11.5 Å². The van der Waals surface area contributed by atoms with Crippen LogP contribution in [0.2, 0.25) is 5.02 Å². The van der Waals surface area contributed by atoms with Crippen molar-refractivity contribution in [2.75, 3.05) is 5.32 Å². The van der Waals surface area contributed by atoms with Crippen LogP contribution in [0, 0.1) is 6.92 Å². The van der Waals surface area contributed by atoms with E-state index in [0.717, 1.165) is 11.1 Å². The molecule has 5 nitrogen and oxygen atoms in total. The van der Waals surface area contributed by atoms with E-state index in [1.807, 2.05) is 61.5 Å². The van der Waals surface area contributed by atoms with E-state index in [0.29, 0.717) is 10.7 Å². The largest absolute Gasteiger partial charge is 0.419 e. The first-order valence-electron chi connectivity index (χ1n) is 8.85. The van der Waals surface area contributed by atoms with Gasteiger partial charge in [0, 0.05) is 16.3 Å². The van der Waals surface area contributed by atoms with Gasteiger partial charge in [-0.3, -0.25) is 0 Å². The first-order chi connectivity index (χ1) is 13.9. The first kappa shape index (κ1) is 19.2. The molecule has 1 aromatic heterocycles. The number of hydrogen-bond acceptors (Lipinski definition) is 5. The molecule has 0 unspecified atom stereocenters. The fourth-order valence-corrected chi connectivity index (χ4v) is 4.26. The van der Waals surface area contributed by atoms with Gasteiger partial charge in [-0.2, -0.15) is 4.98 Å². The second-order valence-corrected chi connectivity index (χ2v) is 8.72. The summed E-state index contributed by atoms with van der Waals surface area (Å²) >= 11 is 5.91. The molecule has 4 rings (SSSR count). The van der Waals surface area contributed by atoms with Crippen LogP contribution >= 0.6 is 11.6 Å². The average Bonchev–Trinajstić information content (AvgIpc) is 3.14. The minimum Gasteiger partial charge on any atom is -0.419 e. The van der Waals surface area contributed by atoms with Gasteiger partial charge in [0.1, 0.15) is 0 Å². The maximum absolute atomic E-state index is 13.3. The van der Waals surface area contributed by atoms with Gasteiger partial charge >= 0.3 is 0 Å². The van der Waals surface area contributed by atoms with Gasteiger partial charge in [-0.05, 0) is 55.0 Å². The molecule has 0 aliphatic carbocycles. The van der Waals surface area contributed by atoms with Crippen LogP contribution in [0.3, 0.4) is 0 Å². The Balaban J connectivity index is 1.87. The molecule has 0 fully saturated rings. The highest BCUT2D eigenvalue weighted by molar-refractivity contribution is 7.91. The van der Waals surface area contributed by atoms with Gasteiger partial charge in [0.05, 0.1) is 4.90 Å². The number of para-hydroxylation sites is 1. The molecule has 0 radical (unpaired) electrons. The van der Waals surface area contributed by atoms with E-state index in [4.69, 9.17) is 16.0 Å². The Hall–Kier alpha value is -3.09. The van der Waals surface area contributed by atoms with Crippen LogP contribution in [0.1, 0.15) is 5.56 Å².